The first-order valence-electron chi connectivity index (χ1n) is 12.7. The van der Waals surface area contributed by atoms with Gasteiger partial charge in [-0.15, -0.1) is 0 Å². The minimum absolute atomic E-state index is 0.0455. The van der Waals surface area contributed by atoms with Gasteiger partial charge in [0.05, 0.1) is 6.61 Å². The first kappa shape index (κ1) is 9.28. The van der Waals surface area contributed by atoms with E-state index in [0.717, 1.165) is 18.4 Å². The van der Waals surface area contributed by atoms with E-state index in [1.807, 2.05) is 19.9 Å². The van der Waals surface area contributed by atoms with Crippen molar-refractivity contribution >= 4 is 0 Å². The summed E-state index contributed by atoms with van der Waals surface area (Å²) in [5.41, 5.74) is 0.903. The van der Waals surface area contributed by atoms with Gasteiger partial charge in [-0.25, -0.2) is 0 Å². The predicted octanol–water partition coefficient (Wildman–Crippen LogP) is 4.71. The number of hydrogen-bond donors (Lipinski definition) is 2. The molecule has 3 nitrogen and oxygen atoms in total. The number of phenolic OH excluding ortho intramolecular Hbond substituents is 1. The zero-order valence-electron chi connectivity index (χ0n) is 23.0. The largest absolute Gasteiger partial charge is 0.507 e. The number of aryl methyl sites for hydroxylation is 1. The molecule has 2 aliphatic rings. The summed E-state index contributed by atoms with van der Waals surface area (Å²) in [5, 5.41) is 20.4. The zero-order chi connectivity index (χ0) is 25.2. The van der Waals surface area contributed by atoms with Crippen molar-refractivity contribution in [2.24, 2.45) is 5.92 Å². The molecule has 0 saturated carbocycles. The molecule has 0 aromatic heterocycles. The Labute approximate surface area is 158 Å². The second kappa shape index (κ2) is 6.79. The molecule has 0 fully saturated rings. The van der Waals surface area contributed by atoms with Crippen molar-refractivity contribution in [3.05, 3.63) is 34.9 Å². The highest BCUT2D eigenvalue weighted by atomic mass is 16.5. The lowest BCUT2D eigenvalue weighted by molar-refractivity contribution is 0.0100. The van der Waals surface area contributed by atoms with Crippen LogP contribution >= 0.6 is 0 Å². The van der Waals surface area contributed by atoms with Crippen molar-refractivity contribution in [2.45, 2.75) is 70.6 Å². The van der Waals surface area contributed by atoms with Crippen LogP contribution in [0.25, 0.3) is 0 Å². The smallest absolute Gasteiger partial charge is 0.127 e. The molecule has 1 aromatic carbocycles. The molecule has 3 heteroatoms. The van der Waals surface area contributed by atoms with E-state index in [2.05, 4.69) is 0 Å². The number of aliphatic hydroxyl groups is 1. The average molecular weight is 340 g/mol. The van der Waals surface area contributed by atoms with Gasteiger partial charge in [0.15, 0.2) is 0 Å². The average Bonchev–Trinajstić information content (AvgIpc) is 2.65. The van der Waals surface area contributed by atoms with E-state index in [1.54, 1.807) is 0 Å². The van der Waals surface area contributed by atoms with Gasteiger partial charge in [-0.05, 0) is 62.8 Å². The van der Waals surface area contributed by atoms with E-state index in [4.69, 9.17) is 17.1 Å². The molecule has 2 atom stereocenters. The predicted molar refractivity (Wildman–Crippen MR) is 96.7 cm³/mol. The van der Waals surface area contributed by atoms with Gasteiger partial charge in [-0.2, -0.15) is 0 Å². The highest BCUT2D eigenvalue weighted by Gasteiger charge is 2.45. The maximum absolute atomic E-state index is 10.8. The Hall–Kier alpha value is -1.48. The standard InChI is InChI=1S/C21H30O3/c1-4-5-6-7-14-11-18(23)20-16-10-15(13-22)8-9-17(16)21(2,3)24-19(20)12-14/h10-12,16-17,22-23H,4-9,13H2,1-3H3/t16-,17-/m1/s1/i1D3,4D2,5D2,6D2. The Balaban J connectivity index is 2.03. The van der Waals surface area contributed by atoms with Gasteiger partial charge in [0.2, 0.25) is 0 Å². The number of aliphatic hydroxyl groups excluding tert-OH is 1. The number of phenols is 1. The van der Waals surface area contributed by atoms with Gasteiger partial charge in [-0.1, -0.05) is 25.7 Å². The third-order valence-corrected chi connectivity index (χ3v) is 5.05. The summed E-state index contributed by atoms with van der Waals surface area (Å²) in [5.74, 6) is -0.0359. The summed E-state index contributed by atoms with van der Waals surface area (Å²) in [6.45, 7) is 0.372. The second-order valence-corrected chi connectivity index (χ2v) is 6.99. The van der Waals surface area contributed by atoms with Crippen LogP contribution in [0.1, 0.15) is 82.0 Å². The molecule has 0 spiro atoms. The van der Waals surface area contributed by atoms with E-state index in [0.29, 0.717) is 11.3 Å². The Morgan fingerprint density at radius 2 is 2.21 bits per heavy atom. The molecule has 1 aliphatic carbocycles. The van der Waals surface area contributed by atoms with Crippen molar-refractivity contribution < 1.29 is 27.3 Å². The minimum Gasteiger partial charge on any atom is -0.507 e. The molecule has 1 aliphatic heterocycles. The maximum atomic E-state index is 10.8. The molecule has 1 aromatic rings. The third kappa shape index (κ3) is 3.19. The molecule has 0 saturated heterocycles. The van der Waals surface area contributed by atoms with Crippen LogP contribution in [-0.2, 0) is 6.42 Å². The van der Waals surface area contributed by atoms with Gasteiger partial charge in [0, 0.05) is 29.7 Å². The third-order valence-electron chi connectivity index (χ3n) is 5.05. The van der Waals surface area contributed by atoms with Crippen LogP contribution in [-0.4, -0.2) is 22.4 Å². The molecule has 24 heavy (non-hydrogen) atoms. The Morgan fingerprint density at radius 1 is 1.38 bits per heavy atom. The Bertz CT molecular complexity index is 951. The summed E-state index contributed by atoms with van der Waals surface area (Å²) >= 11 is 0. The van der Waals surface area contributed by atoms with Gasteiger partial charge in [-0.3, -0.25) is 0 Å². The summed E-state index contributed by atoms with van der Waals surface area (Å²) < 4.78 is 76.3. The molecule has 0 unspecified atom stereocenters. The van der Waals surface area contributed by atoms with Crippen LogP contribution in [0.15, 0.2) is 23.8 Å². The highest BCUT2D eigenvalue weighted by molar-refractivity contribution is 5.54. The fourth-order valence-electron chi connectivity index (χ4n) is 3.91. The first-order valence-corrected chi connectivity index (χ1v) is 8.21. The number of benzene rings is 1. The minimum atomic E-state index is -3.45. The molecule has 3 rings (SSSR count). The zero-order valence-corrected chi connectivity index (χ0v) is 14.0. The van der Waals surface area contributed by atoms with Gasteiger partial charge >= 0.3 is 0 Å². The van der Waals surface area contributed by atoms with Crippen LogP contribution in [0.5, 0.6) is 11.5 Å². The first-order chi connectivity index (χ1) is 14.9. The molecule has 1 heterocycles. The van der Waals surface area contributed by atoms with Crippen LogP contribution in [0.4, 0.5) is 0 Å². The lowest BCUT2D eigenvalue weighted by atomic mass is 9.68. The SMILES string of the molecule is [2H]C([2H])([2H])C([2H])([2H])C([2H])([2H])C([2H])([2H])Cc1cc(O)c2c(c1)OC(C)(C)[C@@H]1CCC(CO)=C[C@@H]21. The van der Waals surface area contributed by atoms with E-state index in [1.165, 1.54) is 12.1 Å². The van der Waals surface area contributed by atoms with Gasteiger partial charge in [0.25, 0.3) is 0 Å². The summed E-state index contributed by atoms with van der Waals surface area (Å²) in [7, 11) is 0. The van der Waals surface area contributed by atoms with Crippen molar-refractivity contribution in [3.8, 4) is 11.5 Å². The van der Waals surface area contributed by atoms with E-state index in [-0.39, 0.29) is 29.8 Å². The van der Waals surface area contributed by atoms with Crippen LogP contribution in [0.2, 0.25) is 0 Å². The topological polar surface area (TPSA) is 49.7 Å². The van der Waals surface area contributed by atoms with E-state index >= 15 is 0 Å². The Morgan fingerprint density at radius 3 is 2.96 bits per heavy atom. The van der Waals surface area contributed by atoms with E-state index < -0.39 is 38.0 Å². The summed E-state index contributed by atoms with van der Waals surface area (Å²) in [4.78, 5) is 0. The molecule has 0 radical (unpaired) electrons. The Kier molecular flexibility index (Phi) is 2.63. The number of hydrogen-bond acceptors (Lipinski definition) is 3. The molecule has 0 amide bonds. The number of ether oxygens (including phenoxy) is 1. The molecule has 132 valence electrons. The van der Waals surface area contributed by atoms with E-state index in [9.17, 15) is 10.2 Å². The lowest BCUT2D eigenvalue weighted by Crippen LogP contribution is -2.45. The van der Waals surface area contributed by atoms with Crippen LogP contribution in [0, 0.1) is 5.92 Å². The second-order valence-electron chi connectivity index (χ2n) is 6.99. The summed E-state index contributed by atoms with van der Waals surface area (Å²) in [6, 6.07) is 2.78. The fourth-order valence-corrected chi connectivity index (χ4v) is 3.91. The van der Waals surface area contributed by atoms with Crippen molar-refractivity contribution in [2.75, 3.05) is 6.61 Å². The highest BCUT2D eigenvalue weighted by Crippen LogP contribution is 2.53. The van der Waals surface area contributed by atoms with Crippen molar-refractivity contribution in [3.63, 3.8) is 0 Å². The molecule has 2 N–H and O–H groups in total. The summed E-state index contributed by atoms with van der Waals surface area (Å²) in [6.07, 6.45) is -6.97. The van der Waals surface area contributed by atoms with Crippen molar-refractivity contribution in [1.82, 2.24) is 0 Å². The number of allylic oxidation sites excluding steroid dienone is 1. The molecule has 0 bridgehead atoms. The monoisotopic (exact) mass is 339 g/mol. The number of aromatic hydroxyl groups is 1. The van der Waals surface area contributed by atoms with Gasteiger partial charge < -0.3 is 14.9 Å². The van der Waals surface area contributed by atoms with Crippen LogP contribution < -0.4 is 4.74 Å². The molecular weight excluding hydrogens is 300 g/mol. The fraction of sp³-hybridized carbons (Fsp3) is 0.619. The van der Waals surface area contributed by atoms with Crippen LogP contribution in [0.3, 0.4) is 0 Å². The normalized spacial score (nSPS) is 32.5. The maximum Gasteiger partial charge on any atom is 0.127 e. The van der Waals surface area contributed by atoms with Crippen molar-refractivity contribution in [1.29, 1.82) is 0 Å². The number of fused-ring (bicyclic) bond motifs is 3. The molecular formula is C21H30O3. The quantitative estimate of drug-likeness (QED) is 0.764. The number of rotatable bonds is 5. The van der Waals surface area contributed by atoms with Gasteiger partial charge in [0.1, 0.15) is 17.1 Å². The lowest BCUT2D eigenvalue weighted by Gasteiger charge is -2.46.